The highest BCUT2D eigenvalue weighted by molar-refractivity contribution is 5.91. The number of methoxy groups -OCH3 is 1. The molecule has 126 valence electrons. The van der Waals surface area contributed by atoms with Gasteiger partial charge in [-0.1, -0.05) is 24.3 Å². The maximum absolute atomic E-state index is 13.3. The van der Waals surface area contributed by atoms with Gasteiger partial charge in [-0.2, -0.15) is 13.2 Å². The highest BCUT2D eigenvalue weighted by Crippen LogP contribution is 2.42. The third-order valence-corrected chi connectivity index (χ3v) is 3.98. The quantitative estimate of drug-likeness (QED) is 0.712. The molecule has 0 N–H and O–H groups in total. The maximum Gasteiger partial charge on any atom is 0.417 e. The van der Waals surface area contributed by atoms with Crippen molar-refractivity contribution in [2.45, 2.75) is 25.4 Å². The lowest BCUT2D eigenvalue weighted by Crippen LogP contribution is -2.07. The molecule has 1 aliphatic rings. The number of esters is 1. The molecule has 2 aromatic rings. The topological polar surface area (TPSA) is 39.4 Å². The molecule has 0 saturated carbocycles. The number of hydrogen-bond acceptors (Lipinski definition) is 3. The van der Waals surface area contributed by atoms with Gasteiger partial charge in [0.25, 0.3) is 0 Å². The van der Waals surface area contributed by atoms with E-state index in [0.717, 1.165) is 30.9 Å². The van der Waals surface area contributed by atoms with Crippen molar-refractivity contribution >= 4 is 11.5 Å². The summed E-state index contributed by atoms with van der Waals surface area (Å²) in [5.74, 6) is -0.769. The van der Waals surface area contributed by atoms with Gasteiger partial charge < -0.3 is 9.15 Å². The van der Waals surface area contributed by atoms with Crippen LogP contribution in [0, 0.1) is 0 Å². The van der Waals surface area contributed by atoms with E-state index < -0.39 is 17.7 Å². The predicted molar refractivity (Wildman–Crippen MR) is 82.3 cm³/mol. The molecular formula is C18H15F3O3. The van der Waals surface area contributed by atoms with E-state index in [2.05, 4.69) is 4.74 Å². The molecule has 1 heterocycles. The van der Waals surface area contributed by atoms with Crippen LogP contribution in [0.15, 0.2) is 40.8 Å². The average molecular weight is 336 g/mol. The summed E-state index contributed by atoms with van der Waals surface area (Å²) in [6.45, 7) is 0. The molecule has 6 heteroatoms. The maximum atomic E-state index is 13.3. The Morgan fingerprint density at radius 1 is 1.21 bits per heavy atom. The summed E-state index contributed by atoms with van der Waals surface area (Å²) in [5, 5.41) is 0. The number of benzene rings is 1. The van der Waals surface area contributed by atoms with E-state index in [1.165, 1.54) is 31.4 Å². The fraction of sp³-hybridized carbons (Fsp3) is 0.278. The van der Waals surface area contributed by atoms with Gasteiger partial charge in [0, 0.05) is 11.1 Å². The third kappa shape index (κ3) is 2.96. The highest BCUT2D eigenvalue weighted by Gasteiger charge is 2.35. The Balaban J connectivity index is 2.21. The zero-order chi connectivity index (χ0) is 17.3. The van der Waals surface area contributed by atoms with E-state index in [4.69, 9.17) is 4.42 Å². The number of allylic oxidation sites excluding steroid dienone is 2. The van der Waals surface area contributed by atoms with Crippen molar-refractivity contribution in [1.82, 2.24) is 0 Å². The first-order chi connectivity index (χ1) is 11.4. The fourth-order valence-corrected chi connectivity index (χ4v) is 2.87. The van der Waals surface area contributed by atoms with Crippen molar-refractivity contribution in [2.75, 3.05) is 7.11 Å². The van der Waals surface area contributed by atoms with Gasteiger partial charge >= 0.3 is 12.1 Å². The van der Waals surface area contributed by atoms with E-state index in [1.54, 1.807) is 0 Å². The second-order valence-electron chi connectivity index (χ2n) is 5.51. The Morgan fingerprint density at radius 3 is 2.58 bits per heavy atom. The summed E-state index contributed by atoms with van der Waals surface area (Å²) in [7, 11) is 1.20. The Morgan fingerprint density at radius 2 is 1.96 bits per heavy atom. The lowest BCUT2D eigenvalue weighted by Gasteiger charge is -2.12. The number of ether oxygens (including phenoxy) is 1. The first-order valence-electron chi connectivity index (χ1n) is 7.50. The van der Waals surface area contributed by atoms with Gasteiger partial charge in [0.15, 0.2) is 0 Å². The average Bonchev–Trinajstić information content (AvgIpc) is 3.22. The summed E-state index contributed by atoms with van der Waals surface area (Å²) >= 11 is 0. The standard InChI is InChI=1S/C18H15F3O3/c1-23-17(22)15-10-13(11-6-2-3-7-11)16(24-15)12-8-4-5-9-14(12)18(19,20)21/h4-6,8-10H,2-3,7H2,1H3. The predicted octanol–water partition coefficient (Wildman–Crippen LogP) is 5.32. The fourth-order valence-electron chi connectivity index (χ4n) is 2.87. The van der Waals surface area contributed by atoms with Crippen molar-refractivity contribution < 1.29 is 27.1 Å². The van der Waals surface area contributed by atoms with Gasteiger partial charge in [0.1, 0.15) is 5.76 Å². The van der Waals surface area contributed by atoms with Gasteiger partial charge in [-0.05, 0) is 37.0 Å². The van der Waals surface area contributed by atoms with Crippen LogP contribution in [-0.2, 0) is 10.9 Å². The Hall–Kier alpha value is -2.50. The first-order valence-corrected chi connectivity index (χ1v) is 7.50. The van der Waals surface area contributed by atoms with Gasteiger partial charge in [-0.25, -0.2) is 4.79 Å². The van der Waals surface area contributed by atoms with E-state index in [-0.39, 0.29) is 17.1 Å². The molecule has 1 aromatic carbocycles. The van der Waals surface area contributed by atoms with Crippen LogP contribution in [0.2, 0.25) is 0 Å². The number of furan rings is 1. The zero-order valence-electron chi connectivity index (χ0n) is 12.9. The number of halogens is 3. The Bertz CT molecular complexity index is 800. The van der Waals surface area contributed by atoms with Gasteiger partial charge in [0.2, 0.25) is 5.76 Å². The molecule has 1 aliphatic carbocycles. The van der Waals surface area contributed by atoms with E-state index in [9.17, 15) is 18.0 Å². The SMILES string of the molecule is COC(=O)c1cc(C2=CCCC2)c(-c2ccccc2C(F)(F)F)o1. The largest absolute Gasteiger partial charge is 0.463 e. The molecule has 3 nitrogen and oxygen atoms in total. The summed E-state index contributed by atoms with van der Waals surface area (Å²) < 4.78 is 50.1. The Labute approximate surface area is 136 Å². The van der Waals surface area contributed by atoms with E-state index >= 15 is 0 Å². The van der Waals surface area contributed by atoms with Crippen LogP contribution < -0.4 is 0 Å². The summed E-state index contributed by atoms with van der Waals surface area (Å²) in [6.07, 6.45) is -0.0358. The number of rotatable bonds is 3. The molecule has 0 aliphatic heterocycles. The summed E-state index contributed by atoms with van der Waals surface area (Å²) in [4.78, 5) is 11.7. The van der Waals surface area contributed by atoms with Crippen molar-refractivity contribution in [3.05, 3.63) is 53.3 Å². The first kappa shape index (κ1) is 16.4. The molecule has 0 bridgehead atoms. The summed E-state index contributed by atoms with van der Waals surface area (Å²) in [5.41, 5.74) is 0.532. The van der Waals surface area contributed by atoms with Crippen LogP contribution in [0.25, 0.3) is 16.9 Å². The van der Waals surface area contributed by atoms with Crippen LogP contribution in [0.1, 0.15) is 40.9 Å². The lowest BCUT2D eigenvalue weighted by atomic mass is 9.98. The molecule has 3 rings (SSSR count). The molecule has 0 atom stereocenters. The molecule has 0 radical (unpaired) electrons. The molecule has 0 spiro atoms. The molecule has 0 fully saturated rings. The molecule has 0 saturated heterocycles. The van der Waals surface area contributed by atoms with Crippen LogP contribution in [0.3, 0.4) is 0 Å². The van der Waals surface area contributed by atoms with Crippen molar-refractivity contribution in [3.63, 3.8) is 0 Å². The van der Waals surface area contributed by atoms with Crippen LogP contribution in [0.5, 0.6) is 0 Å². The molecule has 1 aromatic heterocycles. The minimum atomic E-state index is -4.52. The van der Waals surface area contributed by atoms with E-state index in [0.29, 0.717) is 5.56 Å². The van der Waals surface area contributed by atoms with Gasteiger partial charge in [0.05, 0.1) is 12.7 Å². The van der Waals surface area contributed by atoms with Crippen LogP contribution >= 0.6 is 0 Å². The second kappa shape index (κ2) is 6.19. The second-order valence-corrected chi connectivity index (χ2v) is 5.51. The van der Waals surface area contributed by atoms with Crippen LogP contribution in [0.4, 0.5) is 13.2 Å². The Kier molecular flexibility index (Phi) is 4.22. The summed E-state index contributed by atoms with van der Waals surface area (Å²) in [6, 6.07) is 6.65. The van der Waals surface area contributed by atoms with Crippen molar-refractivity contribution in [1.29, 1.82) is 0 Å². The zero-order valence-corrected chi connectivity index (χ0v) is 12.9. The van der Waals surface area contributed by atoms with Crippen molar-refractivity contribution in [2.24, 2.45) is 0 Å². The number of alkyl halides is 3. The third-order valence-electron chi connectivity index (χ3n) is 3.98. The number of hydrogen-bond donors (Lipinski definition) is 0. The van der Waals surface area contributed by atoms with E-state index in [1.807, 2.05) is 6.08 Å². The number of carbonyl (C=O) groups is 1. The molecule has 24 heavy (non-hydrogen) atoms. The molecule has 0 unspecified atom stereocenters. The van der Waals surface area contributed by atoms with Gasteiger partial charge in [-0.15, -0.1) is 0 Å². The molecular weight excluding hydrogens is 321 g/mol. The molecule has 0 amide bonds. The van der Waals surface area contributed by atoms with Gasteiger partial charge in [-0.3, -0.25) is 0 Å². The minimum Gasteiger partial charge on any atom is -0.463 e. The lowest BCUT2D eigenvalue weighted by molar-refractivity contribution is -0.137. The normalized spacial score (nSPS) is 14.6. The van der Waals surface area contributed by atoms with Crippen LogP contribution in [-0.4, -0.2) is 13.1 Å². The minimum absolute atomic E-state index is 0.0523. The smallest absolute Gasteiger partial charge is 0.417 e. The number of carbonyl (C=O) groups excluding carboxylic acids is 1. The highest BCUT2D eigenvalue weighted by atomic mass is 19.4. The monoisotopic (exact) mass is 336 g/mol. The van der Waals surface area contributed by atoms with Crippen molar-refractivity contribution in [3.8, 4) is 11.3 Å².